The van der Waals surface area contributed by atoms with Gasteiger partial charge in [-0.2, -0.15) is 0 Å². The molecule has 0 saturated heterocycles. The van der Waals surface area contributed by atoms with Crippen molar-refractivity contribution < 1.29 is 13.6 Å². The Morgan fingerprint density at radius 1 is 1.42 bits per heavy atom. The molecule has 1 rings (SSSR count). The third-order valence-corrected chi connectivity index (χ3v) is 2.21. The molecule has 0 amide bonds. The second-order valence-corrected chi connectivity index (χ2v) is 3.46. The van der Waals surface area contributed by atoms with Crippen molar-refractivity contribution in [2.75, 3.05) is 0 Å². The summed E-state index contributed by atoms with van der Waals surface area (Å²) < 4.78 is 25.7. The summed E-state index contributed by atoms with van der Waals surface area (Å²) in [6, 6.07) is 1.83. The first-order valence-electron chi connectivity index (χ1n) is 3.18. The average molecular weight is 282 g/mol. The van der Waals surface area contributed by atoms with Crippen molar-refractivity contribution in [3.8, 4) is 0 Å². The number of carbonyl (C=O) groups is 1. The smallest absolute Gasteiger partial charge is 0.163 e. The molecule has 0 radical (unpaired) electrons. The van der Waals surface area contributed by atoms with Crippen LogP contribution in [0, 0.1) is 15.2 Å². The molecule has 0 N–H and O–H groups in total. The third kappa shape index (κ3) is 1.80. The Labute approximate surface area is 81.9 Å². The predicted molar refractivity (Wildman–Crippen MR) is 49.1 cm³/mol. The first-order chi connectivity index (χ1) is 5.52. The molecule has 1 aromatic rings. The normalized spacial score (nSPS) is 10.0. The van der Waals surface area contributed by atoms with Gasteiger partial charge >= 0.3 is 0 Å². The zero-order valence-corrected chi connectivity index (χ0v) is 8.35. The SMILES string of the molecule is CC(=O)c1c(F)cc(F)cc1I. The van der Waals surface area contributed by atoms with Gasteiger partial charge in [-0.15, -0.1) is 0 Å². The zero-order chi connectivity index (χ0) is 9.30. The maximum Gasteiger partial charge on any atom is 0.163 e. The van der Waals surface area contributed by atoms with Crippen LogP contribution in [0.4, 0.5) is 8.78 Å². The van der Waals surface area contributed by atoms with E-state index in [4.69, 9.17) is 0 Å². The second-order valence-electron chi connectivity index (χ2n) is 2.30. The number of ketones is 1. The van der Waals surface area contributed by atoms with Crippen LogP contribution in [0.3, 0.4) is 0 Å². The summed E-state index contributed by atoms with van der Waals surface area (Å²) in [6.45, 7) is 1.25. The number of halogens is 3. The van der Waals surface area contributed by atoms with Gasteiger partial charge in [-0.1, -0.05) is 0 Å². The number of carbonyl (C=O) groups excluding carboxylic acids is 1. The maximum atomic E-state index is 12.9. The van der Waals surface area contributed by atoms with Crippen molar-refractivity contribution in [1.82, 2.24) is 0 Å². The lowest BCUT2D eigenvalue weighted by Crippen LogP contribution is -2.01. The van der Waals surface area contributed by atoms with E-state index < -0.39 is 17.4 Å². The predicted octanol–water partition coefficient (Wildman–Crippen LogP) is 2.77. The average Bonchev–Trinajstić information content (AvgIpc) is 1.82. The summed E-state index contributed by atoms with van der Waals surface area (Å²) in [6.07, 6.45) is 0. The van der Waals surface area contributed by atoms with Crippen molar-refractivity contribution in [1.29, 1.82) is 0 Å². The molecule has 12 heavy (non-hydrogen) atoms. The molecule has 4 heteroatoms. The minimum atomic E-state index is -0.799. The van der Waals surface area contributed by atoms with E-state index >= 15 is 0 Å². The molecular weight excluding hydrogens is 277 g/mol. The van der Waals surface area contributed by atoms with Crippen molar-refractivity contribution in [2.45, 2.75) is 6.92 Å². The molecule has 0 aromatic heterocycles. The Balaban J connectivity index is 3.38. The second kappa shape index (κ2) is 3.47. The molecule has 0 aliphatic carbocycles. The van der Waals surface area contributed by atoms with Crippen molar-refractivity contribution >= 4 is 28.4 Å². The molecule has 0 spiro atoms. The van der Waals surface area contributed by atoms with Crippen LogP contribution in [0.2, 0.25) is 0 Å². The summed E-state index contributed by atoms with van der Waals surface area (Å²) in [5, 5.41) is 0. The number of hydrogen-bond donors (Lipinski definition) is 0. The van der Waals surface area contributed by atoms with E-state index in [9.17, 15) is 13.6 Å². The highest BCUT2D eigenvalue weighted by molar-refractivity contribution is 14.1. The fourth-order valence-electron chi connectivity index (χ4n) is 0.879. The van der Waals surface area contributed by atoms with Gasteiger partial charge in [-0.05, 0) is 35.6 Å². The standard InChI is InChI=1S/C8H5F2IO/c1-4(12)8-6(10)2-5(9)3-7(8)11/h2-3H,1H3. The van der Waals surface area contributed by atoms with Gasteiger partial charge in [0.25, 0.3) is 0 Å². The summed E-state index contributed by atoms with van der Waals surface area (Å²) in [4.78, 5) is 10.8. The van der Waals surface area contributed by atoms with Gasteiger partial charge in [0.15, 0.2) is 5.78 Å². The molecule has 0 unspecified atom stereocenters. The van der Waals surface area contributed by atoms with Gasteiger partial charge in [0.2, 0.25) is 0 Å². The Kier molecular flexibility index (Phi) is 2.76. The molecule has 0 fully saturated rings. The monoisotopic (exact) mass is 282 g/mol. The van der Waals surface area contributed by atoms with Gasteiger partial charge in [0.1, 0.15) is 11.6 Å². The number of rotatable bonds is 1. The van der Waals surface area contributed by atoms with E-state index in [1.807, 2.05) is 0 Å². The summed E-state index contributed by atoms with van der Waals surface area (Å²) in [7, 11) is 0. The van der Waals surface area contributed by atoms with Crippen LogP contribution in [-0.2, 0) is 0 Å². The van der Waals surface area contributed by atoms with Gasteiger partial charge in [-0.3, -0.25) is 4.79 Å². The van der Waals surface area contributed by atoms with Gasteiger partial charge in [0.05, 0.1) is 5.56 Å². The van der Waals surface area contributed by atoms with Crippen LogP contribution >= 0.6 is 22.6 Å². The third-order valence-electron chi connectivity index (χ3n) is 1.36. The fraction of sp³-hybridized carbons (Fsp3) is 0.125. The Hall–Kier alpha value is -0.520. The highest BCUT2D eigenvalue weighted by Crippen LogP contribution is 2.18. The van der Waals surface area contributed by atoms with Crippen LogP contribution in [0.15, 0.2) is 12.1 Å². The topological polar surface area (TPSA) is 17.1 Å². The van der Waals surface area contributed by atoms with Crippen LogP contribution in [-0.4, -0.2) is 5.78 Å². The van der Waals surface area contributed by atoms with Crippen molar-refractivity contribution in [3.05, 3.63) is 32.9 Å². The lowest BCUT2D eigenvalue weighted by atomic mass is 10.1. The number of benzene rings is 1. The van der Waals surface area contributed by atoms with Crippen LogP contribution in [0.5, 0.6) is 0 Å². The summed E-state index contributed by atoms with van der Waals surface area (Å²) in [5.41, 5.74) is -0.0444. The van der Waals surface area contributed by atoms with Crippen molar-refractivity contribution in [2.24, 2.45) is 0 Å². The van der Waals surface area contributed by atoms with Gasteiger partial charge < -0.3 is 0 Å². The van der Waals surface area contributed by atoms with E-state index in [1.54, 1.807) is 22.6 Å². The van der Waals surface area contributed by atoms with Gasteiger partial charge in [-0.25, -0.2) is 8.78 Å². The number of hydrogen-bond acceptors (Lipinski definition) is 1. The zero-order valence-electron chi connectivity index (χ0n) is 6.20. The molecule has 64 valence electrons. The van der Waals surface area contributed by atoms with E-state index in [1.165, 1.54) is 6.92 Å². The summed E-state index contributed by atoms with van der Waals surface area (Å²) >= 11 is 1.73. The molecule has 0 atom stereocenters. The Morgan fingerprint density at radius 2 is 2.00 bits per heavy atom. The van der Waals surface area contributed by atoms with E-state index in [0.717, 1.165) is 6.07 Å². The lowest BCUT2D eigenvalue weighted by molar-refractivity contribution is 0.101. The highest BCUT2D eigenvalue weighted by Gasteiger charge is 2.12. The first kappa shape index (κ1) is 9.57. The minimum Gasteiger partial charge on any atom is -0.294 e. The van der Waals surface area contributed by atoms with Crippen molar-refractivity contribution in [3.63, 3.8) is 0 Å². The van der Waals surface area contributed by atoms with E-state index in [0.29, 0.717) is 9.64 Å². The van der Waals surface area contributed by atoms with Crippen LogP contribution < -0.4 is 0 Å². The molecule has 0 aliphatic rings. The highest BCUT2D eigenvalue weighted by atomic mass is 127. The Morgan fingerprint density at radius 3 is 2.42 bits per heavy atom. The van der Waals surface area contributed by atoms with E-state index in [-0.39, 0.29) is 5.56 Å². The van der Waals surface area contributed by atoms with E-state index in [2.05, 4.69) is 0 Å². The Bertz CT molecular complexity index is 313. The fourth-order valence-corrected chi connectivity index (χ4v) is 1.81. The molecule has 0 saturated carbocycles. The molecule has 0 heterocycles. The van der Waals surface area contributed by atoms with Gasteiger partial charge in [0, 0.05) is 9.64 Å². The maximum absolute atomic E-state index is 12.9. The molecule has 0 bridgehead atoms. The van der Waals surface area contributed by atoms with Crippen LogP contribution in [0.1, 0.15) is 17.3 Å². The molecule has 1 aromatic carbocycles. The molecular formula is C8H5F2IO. The van der Waals surface area contributed by atoms with Crippen LogP contribution in [0.25, 0.3) is 0 Å². The summed E-state index contributed by atoms with van der Waals surface area (Å²) in [5.74, 6) is -1.86. The molecule has 1 nitrogen and oxygen atoms in total. The first-order valence-corrected chi connectivity index (χ1v) is 4.25. The molecule has 0 aliphatic heterocycles. The lowest BCUT2D eigenvalue weighted by Gasteiger charge is -2.01. The number of Topliss-reactive ketones (excluding diaryl/α,β-unsaturated/α-hetero) is 1. The minimum absolute atomic E-state index is 0.0444. The largest absolute Gasteiger partial charge is 0.294 e. The quantitative estimate of drug-likeness (QED) is 0.572.